The number of thiazole rings is 2. The van der Waals surface area contributed by atoms with E-state index in [2.05, 4.69) is 84.7 Å². The van der Waals surface area contributed by atoms with Gasteiger partial charge in [0.2, 0.25) is 5.91 Å². The Hall–Kier alpha value is -11.7. The van der Waals surface area contributed by atoms with Crippen molar-refractivity contribution >= 4 is 114 Å². The van der Waals surface area contributed by atoms with E-state index in [0.29, 0.717) is 135 Å². The van der Waals surface area contributed by atoms with Crippen LogP contribution < -0.4 is 46.6 Å². The summed E-state index contributed by atoms with van der Waals surface area (Å²) in [6, 6.07) is 34.1. The molecule has 0 saturated carbocycles. The summed E-state index contributed by atoms with van der Waals surface area (Å²) >= 11 is 3.02. The van der Waals surface area contributed by atoms with Crippen LogP contribution in [-0.4, -0.2) is 218 Å². The molecule has 0 aliphatic carbocycles. The number of carboxylic acid groups (broad SMARTS) is 2. The highest BCUT2D eigenvalue weighted by Crippen LogP contribution is 2.45. The summed E-state index contributed by atoms with van der Waals surface area (Å²) in [6.07, 6.45) is 9.13. The number of imidazole rings is 2. The number of amides is 4. The third-order valence-corrected chi connectivity index (χ3v) is 24.1. The minimum Gasteiger partial charge on any atom is -0.478 e. The molecule has 11 rings (SSSR count). The van der Waals surface area contributed by atoms with Gasteiger partial charge in [0.1, 0.15) is 72.6 Å². The quantitative estimate of drug-likeness (QED) is 0.00742. The average molecular weight is 1850 g/mol. The highest BCUT2D eigenvalue weighted by atomic mass is 32.1. The second-order valence-corrected chi connectivity index (χ2v) is 36.6. The van der Waals surface area contributed by atoms with Gasteiger partial charge in [0.25, 0.3) is 0 Å². The van der Waals surface area contributed by atoms with Gasteiger partial charge in [-0.05, 0) is 123 Å². The number of nitrogens with one attached hydrogen (secondary N) is 5. The smallest absolute Gasteiger partial charge is 0.407 e. The lowest BCUT2D eigenvalue weighted by Crippen LogP contribution is -2.54. The third kappa shape index (κ3) is 35.8. The van der Waals surface area contributed by atoms with Gasteiger partial charge in [-0.1, -0.05) is 111 Å². The summed E-state index contributed by atoms with van der Waals surface area (Å²) in [5, 5.41) is 33.6. The summed E-state index contributed by atoms with van der Waals surface area (Å²) in [6.45, 7) is 22.7. The average Bonchev–Trinajstić information content (AvgIpc) is 1.66. The Balaban J connectivity index is 0.000000237. The van der Waals surface area contributed by atoms with E-state index >= 15 is 0 Å². The highest BCUT2D eigenvalue weighted by molar-refractivity contribution is 7.57. The number of nitrogens with two attached hydrogens (primary N) is 2. The molecule has 42 heteroatoms. The topological polar surface area (TPSA) is 500 Å². The zero-order chi connectivity index (χ0) is 92.7. The van der Waals surface area contributed by atoms with Gasteiger partial charge in [0, 0.05) is 68.4 Å². The maximum atomic E-state index is 14.2. The maximum absolute atomic E-state index is 14.2. The number of carbonyl (C=O) groups is 7. The number of benzene rings is 4. The van der Waals surface area contributed by atoms with Gasteiger partial charge < -0.3 is 89.1 Å². The third-order valence-electron chi connectivity index (χ3n) is 18.6. The number of alkyl carbamates (subject to hydrolysis) is 1. The van der Waals surface area contributed by atoms with E-state index in [0.717, 1.165) is 39.8 Å². The van der Waals surface area contributed by atoms with E-state index in [1.807, 2.05) is 92.0 Å². The van der Waals surface area contributed by atoms with E-state index in [9.17, 15) is 42.7 Å². The van der Waals surface area contributed by atoms with E-state index in [1.165, 1.54) is 24.0 Å². The SMILES string of the molecule is CC(C)OC(=O)[C@H](C)N[P@](=O)(CO[C@H](C)Cn1cnc2c(N)ncnc21)Oc1ccccc1.CC(C)OC(=O)[C@H](C)N[P@](=O)(CO[C@H](C)Cn1cnc2c(N)ncnc21)Oc1ccccc1.CC(C)c1nc(CN(C)C(=O)N[C@@H](CCN2CCOCC2)C(=O)N[C@H](CC[C@H](Cc2ccccc2)NC(=O)OCc2cncs2)Cc2ccccc2)cs1.O=C(O)/C=C/C(=O)O. The lowest BCUT2D eigenvalue weighted by atomic mass is 9.95. The summed E-state index contributed by atoms with van der Waals surface area (Å²) in [5.74, 6) is -2.14. The Morgan fingerprint density at radius 1 is 0.594 bits per heavy atom. The van der Waals surface area contributed by atoms with Crippen LogP contribution in [0.4, 0.5) is 21.2 Å². The van der Waals surface area contributed by atoms with Crippen molar-refractivity contribution in [1.82, 2.24) is 84.9 Å². The molecule has 0 bridgehead atoms. The van der Waals surface area contributed by atoms with Gasteiger partial charge in [-0.15, -0.1) is 22.7 Å². The molecular weight excluding hydrogens is 1730 g/mol. The first-order chi connectivity index (χ1) is 61.2. The number of carboxylic acids is 2. The van der Waals surface area contributed by atoms with Crippen LogP contribution >= 0.6 is 37.7 Å². The van der Waals surface area contributed by atoms with Crippen LogP contribution in [0.3, 0.4) is 0 Å². The number of morpholine rings is 1. The van der Waals surface area contributed by atoms with Crippen molar-refractivity contribution < 1.29 is 90.4 Å². The van der Waals surface area contributed by atoms with Crippen LogP contribution in [0.25, 0.3) is 22.3 Å². The van der Waals surface area contributed by atoms with Crippen LogP contribution in [0.15, 0.2) is 176 Å². The van der Waals surface area contributed by atoms with Crippen molar-refractivity contribution in [3.05, 3.63) is 203 Å². The first kappa shape index (κ1) is 102. The molecular formula is C86H115N19O19P2S2. The second-order valence-electron chi connectivity index (χ2n) is 30.7. The Labute approximate surface area is 751 Å². The molecule has 1 aliphatic rings. The number of anilines is 2. The fourth-order valence-electron chi connectivity index (χ4n) is 12.4. The largest absolute Gasteiger partial charge is 0.478 e. The van der Waals surface area contributed by atoms with Crippen molar-refractivity contribution in [3.8, 4) is 11.5 Å². The van der Waals surface area contributed by atoms with Gasteiger partial charge in [-0.2, -0.15) is 0 Å². The first-order valence-corrected chi connectivity index (χ1v) is 46.8. The number of aliphatic carboxylic acids is 2. The molecule has 690 valence electrons. The molecule has 7 heterocycles. The van der Waals surface area contributed by atoms with Crippen LogP contribution in [0.1, 0.15) is 121 Å². The van der Waals surface area contributed by atoms with Gasteiger partial charge in [0.05, 0.1) is 91.0 Å². The first-order valence-electron chi connectivity index (χ1n) is 41.5. The van der Waals surface area contributed by atoms with Crippen molar-refractivity contribution in [3.63, 3.8) is 0 Å². The number of nitrogen functional groups attached to an aromatic ring is 2. The zero-order valence-corrected chi connectivity index (χ0v) is 76.8. The molecule has 1 fully saturated rings. The van der Waals surface area contributed by atoms with Crippen LogP contribution in [0.2, 0.25) is 0 Å². The zero-order valence-electron chi connectivity index (χ0n) is 73.4. The molecule has 11 N–H and O–H groups in total. The number of aromatic nitrogens is 10. The molecule has 10 aromatic rings. The molecule has 4 aromatic carbocycles. The van der Waals surface area contributed by atoms with Crippen molar-refractivity contribution in [2.24, 2.45) is 0 Å². The number of carbonyl (C=O) groups excluding carboxylic acids is 5. The predicted molar refractivity (Wildman–Crippen MR) is 484 cm³/mol. The molecule has 0 unspecified atom stereocenters. The monoisotopic (exact) mass is 1840 g/mol. The Kier molecular flexibility index (Phi) is 41.3. The van der Waals surface area contributed by atoms with Gasteiger partial charge >= 0.3 is 51.0 Å². The molecule has 0 radical (unpaired) electrons. The normalized spacial score (nSPS) is 14.7. The molecule has 0 spiro atoms. The minimum absolute atomic E-state index is 0.150. The standard InChI is InChI=1S/C40H53N7O5S2.2C21H29N6O5P.C4H4O4/c1-29(2)38-43-34(27-53-38)25-46(3)39(49)45-36(16-17-47-18-20-51-21-19-47)37(48)42-32(22-30-10-6-4-7-11-30)14-15-33(23-31-12-8-5-9-13-31)44-40(50)52-26-35-24-41-28-54-35;2*1-14(2)31-21(28)16(4)26-33(29,32-17-8-6-5-7-9-17)13-30-15(3)10-27-12-25-18-19(22)23-11-24-20(18)27;5-3(6)1-2-4(7)8/h4-13,24,27-29,32-33,36H,14-23,25-26H2,1-3H3,(H,42,48)(H,44,50)(H,45,49);2*5-9,11-12,14-16H,10,13H2,1-4H3,(H,26,29)(H2,22,23,24);1-2H,(H,5,6)(H,7,8)/b;;;2-1+/t32-,33-,36+;2*15-,16+,33+;/m111./s1. The number of fused-ring (bicyclic) bond motifs is 2. The second kappa shape index (κ2) is 51.9. The molecule has 128 heavy (non-hydrogen) atoms. The lowest BCUT2D eigenvalue weighted by Gasteiger charge is -2.30. The fraction of sp³-hybridized carbons (Fsp3) is 0.430. The lowest BCUT2D eigenvalue weighted by molar-refractivity contribution is -0.149. The highest BCUT2D eigenvalue weighted by Gasteiger charge is 2.35. The number of urea groups is 1. The summed E-state index contributed by atoms with van der Waals surface area (Å²) in [5.41, 5.74) is 18.5. The fourth-order valence-corrected chi connectivity index (χ4v) is 17.3. The van der Waals surface area contributed by atoms with E-state index in [-0.39, 0.29) is 67.7 Å². The number of hydrogen-bond donors (Lipinski definition) is 9. The summed E-state index contributed by atoms with van der Waals surface area (Å²) < 4.78 is 75.5. The maximum Gasteiger partial charge on any atom is 0.407 e. The number of rotatable bonds is 43. The number of para-hydroxylation sites is 2. The van der Waals surface area contributed by atoms with E-state index in [1.54, 1.807) is 147 Å². The molecule has 9 atom stereocenters. The van der Waals surface area contributed by atoms with Gasteiger partial charge in [0.15, 0.2) is 22.9 Å². The van der Waals surface area contributed by atoms with Crippen LogP contribution in [0, 0.1) is 0 Å². The number of ether oxygens (including phenoxy) is 6. The van der Waals surface area contributed by atoms with Crippen molar-refractivity contribution in [2.75, 3.05) is 64.1 Å². The van der Waals surface area contributed by atoms with Crippen LogP contribution in [-0.2, 0) is 101 Å². The summed E-state index contributed by atoms with van der Waals surface area (Å²) in [7, 11) is -5.55. The molecule has 6 aromatic heterocycles. The van der Waals surface area contributed by atoms with Gasteiger partial charge in [-0.3, -0.25) is 33.4 Å². The molecule has 1 aliphatic heterocycles. The Morgan fingerprint density at radius 3 is 1.48 bits per heavy atom. The Bertz CT molecular complexity index is 5040. The number of nitrogens with zero attached hydrogens (tertiary/aromatic N) is 12. The summed E-state index contributed by atoms with van der Waals surface area (Å²) in [4.78, 5) is 123. The van der Waals surface area contributed by atoms with Crippen molar-refractivity contribution in [1.29, 1.82) is 0 Å². The molecule has 38 nitrogen and oxygen atoms in total. The minimum atomic E-state index is -3.64. The van der Waals surface area contributed by atoms with Crippen molar-refractivity contribution in [2.45, 2.75) is 188 Å². The van der Waals surface area contributed by atoms with Gasteiger partial charge in [-0.25, -0.2) is 64.2 Å². The number of esters is 2. The molecule has 1 saturated heterocycles. The van der Waals surface area contributed by atoms with E-state index in [4.69, 9.17) is 59.1 Å². The molecule has 4 amide bonds. The Morgan fingerprint density at radius 2 is 1.05 bits per heavy atom. The predicted octanol–water partition coefficient (Wildman–Crippen LogP) is 11.7. The van der Waals surface area contributed by atoms with E-state index < -0.39 is 63.1 Å². The number of hydrogen-bond acceptors (Lipinski definition) is 30. The van der Waals surface area contributed by atoms with Crippen LogP contribution in [0.5, 0.6) is 11.5 Å².